The predicted molar refractivity (Wildman–Crippen MR) is 144 cm³/mol. The van der Waals surface area contributed by atoms with E-state index in [2.05, 4.69) is 19.1 Å². The van der Waals surface area contributed by atoms with Gasteiger partial charge < -0.3 is 20.3 Å². The van der Waals surface area contributed by atoms with E-state index in [1.807, 2.05) is 0 Å². The van der Waals surface area contributed by atoms with Crippen molar-refractivity contribution >= 4 is 11.9 Å². The van der Waals surface area contributed by atoms with Crippen LogP contribution >= 0.6 is 0 Å². The van der Waals surface area contributed by atoms with Gasteiger partial charge in [0.05, 0.1) is 18.7 Å². The van der Waals surface area contributed by atoms with E-state index < -0.39 is 18.1 Å². The molecule has 0 aliphatic carbocycles. The minimum atomic E-state index is -0.671. The molecule has 206 valence electrons. The molecule has 5 N–H and O–H groups in total. The number of nitrogens with two attached hydrogens (primary N) is 2. The number of primary amides is 1. The normalized spacial score (nSPS) is 20.5. The Morgan fingerprint density at radius 3 is 2.25 bits per heavy atom. The highest BCUT2D eigenvalue weighted by molar-refractivity contribution is 5.91. The van der Waals surface area contributed by atoms with Crippen LogP contribution in [0, 0.1) is 0 Å². The van der Waals surface area contributed by atoms with Gasteiger partial charge in [-0.25, -0.2) is 0 Å². The number of hydrogen-bond acceptors (Lipinski definition) is 5. The molecule has 0 aromatic carbocycles. The lowest BCUT2D eigenvalue weighted by Gasteiger charge is -2.13. The molecule has 0 radical (unpaired) electrons. The number of hydrogen-bond donors (Lipinski definition) is 3. The van der Waals surface area contributed by atoms with Gasteiger partial charge in [-0.3, -0.25) is 14.9 Å². The fourth-order valence-electron chi connectivity index (χ4n) is 4.09. The second kappa shape index (κ2) is 21.2. The maximum Gasteiger partial charge on any atom is 0.305 e. The molecule has 36 heavy (non-hydrogen) atoms. The average Bonchev–Trinajstić information content (AvgIpc) is 3.21. The quantitative estimate of drug-likeness (QED) is 0.0693. The molecule has 0 aromatic heterocycles. The zero-order valence-electron chi connectivity index (χ0n) is 22.7. The third-order valence-electron chi connectivity index (χ3n) is 6.48. The van der Waals surface area contributed by atoms with Gasteiger partial charge in [-0.15, -0.1) is 0 Å². The monoisotopic (exact) mass is 507 g/mol. The molecule has 1 aliphatic heterocycles. The number of aliphatic hydroxyl groups is 1. The van der Waals surface area contributed by atoms with Gasteiger partial charge in [0.1, 0.15) is 12.7 Å². The molecule has 0 aromatic rings. The number of rotatable bonds is 21. The number of allylic oxidation sites excluding steroid dienone is 4. The summed E-state index contributed by atoms with van der Waals surface area (Å²) in [5, 5.41) is 12.0. The maximum atomic E-state index is 12.0. The smallest absolute Gasteiger partial charge is 0.305 e. The van der Waals surface area contributed by atoms with E-state index in [4.69, 9.17) is 15.2 Å². The van der Waals surface area contributed by atoms with E-state index in [1.54, 1.807) is 30.6 Å². The molecule has 1 aliphatic rings. The summed E-state index contributed by atoms with van der Waals surface area (Å²) < 4.78 is 11.1. The van der Waals surface area contributed by atoms with Crippen molar-refractivity contribution < 1.29 is 29.5 Å². The summed E-state index contributed by atoms with van der Waals surface area (Å²) in [4.78, 5) is 23.0. The lowest BCUT2D eigenvalue weighted by Crippen LogP contribution is -2.84. The van der Waals surface area contributed by atoms with Gasteiger partial charge in [0.25, 0.3) is 0 Å². The fourth-order valence-corrected chi connectivity index (χ4v) is 4.09. The molecule has 7 nitrogen and oxygen atoms in total. The number of esters is 1. The molecular weight excluding hydrogens is 456 g/mol. The van der Waals surface area contributed by atoms with Crippen molar-refractivity contribution in [3.63, 3.8) is 0 Å². The van der Waals surface area contributed by atoms with Crippen molar-refractivity contribution in [2.45, 2.75) is 129 Å². The van der Waals surface area contributed by atoms with Crippen LogP contribution in [-0.2, 0) is 19.1 Å². The van der Waals surface area contributed by atoms with Crippen LogP contribution in [0.15, 0.2) is 36.1 Å². The first-order valence-corrected chi connectivity index (χ1v) is 14.1. The predicted octanol–water partition coefficient (Wildman–Crippen LogP) is 4.55. The summed E-state index contributed by atoms with van der Waals surface area (Å²) >= 11 is 0. The Kier molecular flexibility index (Phi) is 18.8. The molecule has 1 rings (SSSR count). The molecule has 0 bridgehead atoms. The SMILES string of the molecule is CCCCCCCC/C=C\CCCCCCCC(=O)OC[C@H]1O[C@@H]([NH2+]/C=C\C=C(/C)C(N)=O)C[C@@H]1O. The molecule has 1 heterocycles. The first-order chi connectivity index (χ1) is 17.4. The fraction of sp³-hybridized carbons (Fsp3) is 0.724. The Hall–Kier alpha value is -1.96. The summed E-state index contributed by atoms with van der Waals surface area (Å²) in [7, 11) is 0. The first kappa shape index (κ1) is 32.1. The van der Waals surface area contributed by atoms with Crippen molar-refractivity contribution in [1.29, 1.82) is 0 Å². The van der Waals surface area contributed by atoms with Crippen molar-refractivity contribution in [1.82, 2.24) is 0 Å². The number of aliphatic hydroxyl groups excluding tert-OH is 1. The standard InChI is InChI=1S/C29H50N2O5/c1-3-4-5-6-7-8-9-10-11-12-13-14-15-16-17-20-28(33)35-23-26-25(32)22-27(36-26)31-21-18-19-24(2)29(30)34/h10-11,18-19,21,25-27,31-32H,3-9,12-17,20,22-23H2,1-2H3,(H2,30,34)/p+1/b11-10-,21-18-,24-19+/t25-,26+,27+/m0/s1. The molecule has 0 unspecified atom stereocenters. The van der Waals surface area contributed by atoms with Gasteiger partial charge in [0.15, 0.2) is 6.23 Å². The summed E-state index contributed by atoms with van der Waals surface area (Å²) in [5.74, 6) is -0.696. The van der Waals surface area contributed by atoms with Crippen molar-refractivity contribution in [3.05, 3.63) is 36.1 Å². The van der Waals surface area contributed by atoms with Crippen LogP contribution in [0.25, 0.3) is 0 Å². The zero-order valence-corrected chi connectivity index (χ0v) is 22.7. The van der Waals surface area contributed by atoms with Gasteiger partial charge in [-0.1, -0.05) is 70.4 Å². The second-order valence-corrected chi connectivity index (χ2v) is 9.82. The number of carbonyl (C=O) groups excluding carboxylic acids is 2. The van der Waals surface area contributed by atoms with Gasteiger partial charge in [0.2, 0.25) is 5.91 Å². The first-order valence-electron chi connectivity index (χ1n) is 14.1. The Balaban J connectivity index is 1.99. The number of ether oxygens (including phenoxy) is 2. The van der Waals surface area contributed by atoms with E-state index in [0.29, 0.717) is 18.4 Å². The minimum absolute atomic E-state index is 0.0693. The summed E-state index contributed by atoms with van der Waals surface area (Å²) in [5.41, 5.74) is 5.64. The Morgan fingerprint density at radius 2 is 1.61 bits per heavy atom. The molecule has 1 amide bonds. The second-order valence-electron chi connectivity index (χ2n) is 9.82. The van der Waals surface area contributed by atoms with Gasteiger partial charge >= 0.3 is 5.97 Å². The van der Waals surface area contributed by atoms with Crippen LogP contribution in [0.2, 0.25) is 0 Å². The van der Waals surface area contributed by atoms with Gasteiger partial charge in [-0.05, 0) is 51.2 Å². The lowest BCUT2D eigenvalue weighted by molar-refractivity contribution is -0.667. The van der Waals surface area contributed by atoms with E-state index in [9.17, 15) is 14.7 Å². The van der Waals surface area contributed by atoms with E-state index in [-0.39, 0.29) is 18.8 Å². The number of quaternary nitrogens is 1. The van der Waals surface area contributed by atoms with E-state index in [1.165, 1.54) is 57.8 Å². The third-order valence-corrected chi connectivity index (χ3v) is 6.48. The molecular formula is C29H51N2O5+. The average molecular weight is 508 g/mol. The van der Waals surface area contributed by atoms with Crippen LogP contribution in [0.1, 0.15) is 110 Å². The molecule has 1 saturated heterocycles. The number of carbonyl (C=O) groups is 2. The Morgan fingerprint density at radius 1 is 1.00 bits per heavy atom. The molecule has 0 spiro atoms. The summed E-state index contributed by atoms with van der Waals surface area (Å²) in [6, 6.07) is 0. The topological polar surface area (TPSA) is 115 Å². The highest BCUT2D eigenvalue weighted by Crippen LogP contribution is 2.17. The third kappa shape index (κ3) is 16.7. The van der Waals surface area contributed by atoms with Crippen LogP contribution in [0.5, 0.6) is 0 Å². The van der Waals surface area contributed by atoms with Gasteiger partial charge in [-0.2, -0.15) is 0 Å². The van der Waals surface area contributed by atoms with E-state index in [0.717, 1.165) is 25.7 Å². The number of amides is 1. The van der Waals surface area contributed by atoms with Crippen LogP contribution in [-0.4, -0.2) is 42.0 Å². The highest BCUT2D eigenvalue weighted by atomic mass is 16.6. The minimum Gasteiger partial charge on any atom is -0.463 e. The van der Waals surface area contributed by atoms with Crippen LogP contribution < -0.4 is 11.1 Å². The summed E-state index contributed by atoms with van der Waals surface area (Å²) in [6.45, 7) is 3.97. The Labute approximate surface area is 218 Å². The van der Waals surface area contributed by atoms with Gasteiger partial charge in [0, 0.05) is 12.0 Å². The summed E-state index contributed by atoms with van der Waals surface area (Å²) in [6.07, 6.45) is 25.0. The Bertz CT molecular complexity index is 689. The van der Waals surface area contributed by atoms with E-state index >= 15 is 0 Å². The van der Waals surface area contributed by atoms with Crippen molar-refractivity contribution in [2.75, 3.05) is 6.61 Å². The molecule has 0 saturated carbocycles. The molecule has 3 atom stereocenters. The molecule has 7 heteroatoms. The molecule has 1 fully saturated rings. The zero-order chi connectivity index (χ0) is 26.4. The maximum absolute atomic E-state index is 12.0. The number of unbranched alkanes of at least 4 members (excludes halogenated alkanes) is 11. The highest BCUT2D eigenvalue weighted by Gasteiger charge is 2.36. The van der Waals surface area contributed by atoms with Crippen LogP contribution in [0.3, 0.4) is 0 Å². The largest absolute Gasteiger partial charge is 0.463 e. The van der Waals surface area contributed by atoms with Crippen molar-refractivity contribution in [2.24, 2.45) is 5.73 Å². The lowest BCUT2D eigenvalue weighted by atomic mass is 10.1. The van der Waals surface area contributed by atoms with Crippen molar-refractivity contribution in [3.8, 4) is 0 Å². The van der Waals surface area contributed by atoms with Crippen LogP contribution in [0.4, 0.5) is 0 Å².